The molecule has 0 unspecified atom stereocenters. The zero-order valence-corrected chi connectivity index (χ0v) is 20.2. The van der Waals surface area contributed by atoms with E-state index in [1.807, 2.05) is 0 Å². The molecular formula is C23H25ClN4O5S. The van der Waals surface area contributed by atoms with Crippen molar-refractivity contribution in [3.05, 3.63) is 59.1 Å². The van der Waals surface area contributed by atoms with Crippen molar-refractivity contribution in [3.8, 4) is 0 Å². The number of halogens is 1. The van der Waals surface area contributed by atoms with Gasteiger partial charge in [-0.2, -0.15) is 4.31 Å². The van der Waals surface area contributed by atoms with Gasteiger partial charge in [-0.25, -0.2) is 13.2 Å². The number of piperidine rings is 1. The maximum Gasteiger partial charge on any atom is 0.325 e. The Labute approximate surface area is 203 Å². The van der Waals surface area contributed by atoms with Crippen molar-refractivity contribution < 1.29 is 22.8 Å². The number of nitrogens with one attached hydrogen (secondary N) is 2. The average molecular weight is 505 g/mol. The number of benzene rings is 2. The van der Waals surface area contributed by atoms with E-state index in [0.29, 0.717) is 29.4 Å². The molecule has 0 bridgehead atoms. The molecular weight excluding hydrogens is 480 g/mol. The van der Waals surface area contributed by atoms with Gasteiger partial charge in [0.1, 0.15) is 12.1 Å². The van der Waals surface area contributed by atoms with Crippen molar-refractivity contribution in [2.75, 3.05) is 25.0 Å². The van der Waals surface area contributed by atoms with E-state index in [4.69, 9.17) is 11.6 Å². The lowest BCUT2D eigenvalue weighted by Crippen LogP contribution is -2.42. The summed E-state index contributed by atoms with van der Waals surface area (Å²) in [6.45, 7) is 2.08. The SMILES string of the molecule is C[C@@]1(c2ccc(Cl)cc2)NC(=O)N(CC(=O)Nc2ccc(S(=O)(=O)N3CCCCC3)cc2)C1=O. The Bertz CT molecular complexity index is 1210. The Morgan fingerprint density at radius 3 is 2.26 bits per heavy atom. The first-order chi connectivity index (χ1) is 16.1. The third-order valence-electron chi connectivity index (χ3n) is 6.09. The van der Waals surface area contributed by atoms with Gasteiger partial charge in [0.15, 0.2) is 0 Å². The first kappa shape index (κ1) is 24.2. The second-order valence-electron chi connectivity index (χ2n) is 8.49. The predicted octanol–water partition coefficient (Wildman–Crippen LogP) is 2.92. The van der Waals surface area contributed by atoms with Crippen LogP contribution < -0.4 is 10.6 Å². The Balaban J connectivity index is 1.41. The molecule has 4 rings (SSSR count). The number of anilines is 1. The molecule has 0 aliphatic carbocycles. The lowest BCUT2D eigenvalue weighted by molar-refractivity contribution is -0.133. The minimum absolute atomic E-state index is 0.153. The fourth-order valence-corrected chi connectivity index (χ4v) is 5.77. The minimum Gasteiger partial charge on any atom is -0.325 e. The molecule has 0 spiro atoms. The van der Waals surface area contributed by atoms with Gasteiger partial charge in [0.25, 0.3) is 5.91 Å². The Morgan fingerprint density at radius 1 is 1.03 bits per heavy atom. The molecule has 9 nitrogen and oxygen atoms in total. The van der Waals surface area contributed by atoms with Gasteiger partial charge in [-0.3, -0.25) is 14.5 Å². The Kier molecular flexibility index (Phi) is 6.66. The number of hydrogen-bond donors (Lipinski definition) is 2. The molecule has 2 heterocycles. The molecule has 2 aromatic carbocycles. The van der Waals surface area contributed by atoms with Crippen molar-refractivity contribution in [1.82, 2.24) is 14.5 Å². The van der Waals surface area contributed by atoms with Gasteiger partial charge in [-0.1, -0.05) is 30.2 Å². The highest BCUT2D eigenvalue weighted by molar-refractivity contribution is 7.89. The third kappa shape index (κ3) is 4.66. The van der Waals surface area contributed by atoms with Crippen LogP contribution in [0.5, 0.6) is 0 Å². The summed E-state index contributed by atoms with van der Waals surface area (Å²) in [5.41, 5.74) is -0.411. The smallest absolute Gasteiger partial charge is 0.325 e. The fraction of sp³-hybridized carbons (Fsp3) is 0.348. The van der Waals surface area contributed by atoms with Crippen LogP contribution in [0.15, 0.2) is 53.4 Å². The molecule has 2 saturated heterocycles. The van der Waals surface area contributed by atoms with Crippen molar-refractivity contribution in [2.45, 2.75) is 36.6 Å². The Hall–Kier alpha value is -2.95. The van der Waals surface area contributed by atoms with Crippen LogP contribution in [0.2, 0.25) is 5.02 Å². The molecule has 34 heavy (non-hydrogen) atoms. The molecule has 2 aromatic rings. The zero-order valence-electron chi connectivity index (χ0n) is 18.6. The molecule has 180 valence electrons. The predicted molar refractivity (Wildman–Crippen MR) is 127 cm³/mol. The normalized spacial score (nSPS) is 21.4. The number of nitrogens with zero attached hydrogens (tertiary/aromatic N) is 2. The van der Waals surface area contributed by atoms with Crippen LogP contribution in [-0.2, 0) is 25.2 Å². The van der Waals surface area contributed by atoms with Gasteiger partial charge < -0.3 is 10.6 Å². The Morgan fingerprint density at radius 2 is 1.65 bits per heavy atom. The van der Waals surface area contributed by atoms with Crippen LogP contribution in [0.25, 0.3) is 0 Å². The van der Waals surface area contributed by atoms with E-state index in [0.717, 1.165) is 24.2 Å². The molecule has 1 atom stereocenters. The van der Waals surface area contributed by atoms with Crippen molar-refractivity contribution >= 4 is 45.2 Å². The van der Waals surface area contributed by atoms with E-state index in [1.54, 1.807) is 31.2 Å². The molecule has 0 saturated carbocycles. The highest BCUT2D eigenvalue weighted by atomic mass is 35.5. The maximum absolute atomic E-state index is 13.0. The lowest BCUT2D eigenvalue weighted by atomic mass is 9.92. The van der Waals surface area contributed by atoms with Gasteiger partial charge >= 0.3 is 6.03 Å². The topological polar surface area (TPSA) is 116 Å². The maximum atomic E-state index is 13.0. The molecule has 0 aromatic heterocycles. The van der Waals surface area contributed by atoms with Crippen molar-refractivity contribution in [1.29, 1.82) is 0 Å². The second-order valence-corrected chi connectivity index (χ2v) is 10.9. The summed E-state index contributed by atoms with van der Waals surface area (Å²) >= 11 is 5.91. The summed E-state index contributed by atoms with van der Waals surface area (Å²) in [5, 5.41) is 5.73. The summed E-state index contributed by atoms with van der Waals surface area (Å²) in [6, 6.07) is 11.7. The van der Waals surface area contributed by atoms with Crippen LogP contribution in [0.4, 0.5) is 10.5 Å². The van der Waals surface area contributed by atoms with Crippen molar-refractivity contribution in [2.24, 2.45) is 0 Å². The number of urea groups is 1. The molecule has 0 radical (unpaired) electrons. The standard InChI is InChI=1S/C23H25ClN4O5S/c1-23(16-5-7-17(24)8-6-16)21(30)28(22(31)26-23)15-20(29)25-18-9-11-19(12-10-18)34(32,33)27-13-3-2-4-14-27/h5-12H,2-4,13-15H2,1H3,(H,25,29)(H,26,31)/t23-/m0/s1. The molecule has 4 amide bonds. The third-order valence-corrected chi connectivity index (χ3v) is 8.25. The number of sulfonamides is 1. The van der Waals surface area contributed by atoms with Gasteiger partial charge in [0, 0.05) is 23.8 Å². The summed E-state index contributed by atoms with van der Waals surface area (Å²) in [4.78, 5) is 39.0. The highest BCUT2D eigenvalue weighted by Gasteiger charge is 2.49. The monoisotopic (exact) mass is 504 g/mol. The summed E-state index contributed by atoms with van der Waals surface area (Å²) in [7, 11) is -3.58. The summed E-state index contributed by atoms with van der Waals surface area (Å²) in [5.74, 6) is -1.14. The second kappa shape index (κ2) is 9.36. The molecule has 2 aliphatic rings. The van der Waals surface area contributed by atoms with Gasteiger partial charge in [0.2, 0.25) is 15.9 Å². The fourth-order valence-electron chi connectivity index (χ4n) is 4.13. The molecule has 2 aliphatic heterocycles. The molecule has 2 fully saturated rings. The molecule has 2 N–H and O–H groups in total. The van der Waals surface area contributed by atoms with Crippen molar-refractivity contribution in [3.63, 3.8) is 0 Å². The van der Waals surface area contributed by atoms with E-state index in [1.165, 1.54) is 28.6 Å². The van der Waals surface area contributed by atoms with E-state index < -0.39 is 40.0 Å². The van der Waals surface area contributed by atoms with Crippen LogP contribution in [0.3, 0.4) is 0 Å². The average Bonchev–Trinajstić information content (AvgIpc) is 3.04. The van der Waals surface area contributed by atoms with E-state index in [9.17, 15) is 22.8 Å². The first-order valence-electron chi connectivity index (χ1n) is 10.9. The minimum atomic E-state index is -3.58. The highest BCUT2D eigenvalue weighted by Crippen LogP contribution is 2.29. The number of imide groups is 1. The van der Waals surface area contributed by atoms with Crippen LogP contribution >= 0.6 is 11.6 Å². The number of carbonyl (C=O) groups excluding carboxylic acids is 3. The number of hydrogen-bond acceptors (Lipinski definition) is 5. The van der Waals surface area contributed by atoms with E-state index >= 15 is 0 Å². The zero-order chi connectivity index (χ0) is 24.5. The van der Waals surface area contributed by atoms with Crippen LogP contribution in [0, 0.1) is 0 Å². The van der Waals surface area contributed by atoms with Gasteiger partial charge in [-0.05, 0) is 61.7 Å². The largest absolute Gasteiger partial charge is 0.325 e. The summed E-state index contributed by atoms with van der Waals surface area (Å²) < 4.78 is 27.0. The van der Waals surface area contributed by atoms with Gasteiger partial charge in [0.05, 0.1) is 4.90 Å². The van der Waals surface area contributed by atoms with E-state index in [-0.39, 0.29) is 4.90 Å². The molecule has 11 heteroatoms. The number of rotatable bonds is 6. The van der Waals surface area contributed by atoms with Crippen LogP contribution in [0.1, 0.15) is 31.7 Å². The number of amides is 4. The van der Waals surface area contributed by atoms with Gasteiger partial charge in [-0.15, -0.1) is 0 Å². The lowest BCUT2D eigenvalue weighted by Gasteiger charge is -2.25. The van der Waals surface area contributed by atoms with E-state index in [2.05, 4.69) is 10.6 Å². The van der Waals surface area contributed by atoms with Crippen LogP contribution in [-0.4, -0.2) is 55.1 Å². The first-order valence-corrected chi connectivity index (χ1v) is 12.7. The number of carbonyl (C=O) groups is 3. The quantitative estimate of drug-likeness (QED) is 0.587. The summed E-state index contributed by atoms with van der Waals surface area (Å²) in [6.07, 6.45) is 2.70.